The van der Waals surface area contributed by atoms with Gasteiger partial charge in [-0.15, -0.1) is 0 Å². The van der Waals surface area contributed by atoms with Crippen molar-refractivity contribution < 1.29 is 0 Å². The quantitative estimate of drug-likeness (QED) is 0.683. The second-order valence-corrected chi connectivity index (χ2v) is 4.76. The highest BCUT2D eigenvalue weighted by Crippen LogP contribution is 2.25. The summed E-state index contributed by atoms with van der Waals surface area (Å²) in [6, 6.07) is 0.325. The molecule has 0 radical (unpaired) electrons. The van der Waals surface area contributed by atoms with E-state index in [1.165, 1.54) is 25.0 Å². The molecule has 0 amide bonds. The van der Waals surface area contributed by atoms with Gasteiger partial charge in [-0.3, -0.25) is 0 Å². The minimum Gasteiger partial charge on any atom is -0.324 e. The van der Waals surface area contributed by atoms with E-state index in [2.05, 4.69) is 19.3 Å². The molecule has 2 heteroatoms. The Balaban J connectivity index is 2.40. The normalized spacial score (nSPS) is 30.1. The van der Waals surface area contributed by atoms with E-state index in [-0.39, 0.29) is 0 Å². The molecule has 0 bridgehead atoms. The molecule has 1 aliphatic carbocycles. The molecule has 0 fully saturated rings. The summed E-state index contributed by atoms with van der Waals surface area (Å²) >= 11 is 1.92. The van der Waals surface area contributed by atoms with Crippen LogP contribution in [0.3, 0.4) is 0 Å². The van der Waals surface area contributed by atoms with Gasteiger partial charge in [0.15, 0.2) is 0 Å². The van der Waals surface area contributed by atoms with Crippen molar-refractivity contribution in [3.8, 4) is 0 Å². The van der Waals surface area contributed by atoms with E-state index in [0.717, 1.165) is 5.92 Å². The number of allylic oxidation sites excluding steroid dienone is 1. The Kier molecular flexibility index (Phi) is 4.16. The monoisotopic (exact) mass is 185 g/mol. The van der Waals surface area contributed by atoms with E-state index >= 15 is 0 Å². The van der Waals surface area contributed by atoms with E-state index in [0.29, 0.717) is 6.04 Å². The molecule has 0 saturated carbocycles. The van der Waals surface area contributed by atoms with Crippen LogP contribution in [0.15, 0.2) is 11.6 Å². The van der Waals surface area contributed by atoms with Crippen LogP contribution in [0.25, 0.3) is 0 Å². The Morgan fingerprint density at radius 1 is 1.67 bits per heavy atom. The molecule has 2 N–H and O–H groups in total. The molecule has 0 saturated heterocycles. The summed E-state index contributed by atoms with van der Waals surface area (Å²) in [4.78, 5) is 0. The summed E-state index contributed by atoms with van der Waals surface area (Å²) in [6.07, 6.45) is 8.11. The third-order valence-corrected chi connectivity index (χ3v) is 2.97. The van der Waals surface area contributed by atoms with Gasteiger partial charge in [0.1, 0.15) is 0 Å². The van der Waals surface area contributed by atoms with Crippen LogP contribution in [0.2, 0.25) is 0 Å². The van der Waals surface area contributed by atoms with Crippen LogP contribution >= 0.6 is 11.8 Å². The first-order valence-electron chi connectivity index (χ1n) is 4.66. The third kappa shape index (κ3) is 3.20. The number of thioether (sulfide) groups is 1. The molecule has 0 aliphatic heterocycles. The Morgan fingerprint density at radius 2 is 2.42 bits per heavy atom. The summed E-state index contributed by atoms with van der Waals surface area (Å²) in [5.41, 5.74) is 7.48. The molecular formula is C10H19NS. The van der Waals surface area contributed by atoms with Gasteiger partial charge in [0.25, 0.3) is 0 Å². The third-order valence-electron chi connectivity index (χ3n) is 2.36. The van der Waals surface area contributed by atoms with E-state index in [4.69, 9.17) is 5.73 Å². The van der Waals surface area contributed by atoms with Gasteiger partial charge in [0, 0.05) is 6.04 Å². The van der Waals surface area contributed by atoms with E-state index in [9.17, 15) is 0 Å². The number of hydrogen-bond acceptors (Lipinski definition) is 2. The average molecular weight is 185 g/mol. The molecule has 2 unspecified atom stereocenters. The zero-order valence-corrected chi connectivity index (χ0v) is 8.86. The summed E-state index contributed by atoms with van der Waals surface area (Å²) in [5.74, 6) is 2.03. The van der Waals surface area contributed by atoms with Gasteiger partial charge in [0.05, 0.1) is 0 Å². The number of nitrogens with two attached hydrogens (primary N) is 1. The van der Waals surface area contributed by atoms with Crippen LogP contribution in [0, 0.1) is 5.92 Å². The van der Waals surface area contributed by atoms with Crippen molar-refractivity contribution in [3.63, 3.8) is 0 Å². The first-order valence-corrected chi connectivity index (χ1v) is 6.06. The minimum atomic E-state index is 0.325. The van der Waals surface area contributed by atoms with Gasteiger partial charge in [-0.05, 0) is 37.2 Å². The summed E-state index contributed by atoms with van der Waals surface area (Å²) in [5, 5.41) is 0. The maximum atomic E-state index is 5.90. The maximum absolute atomic E-state index is 5.90. The van der Waals surface area contributed by atoms with Crippen molar-refractivity contribution >= 4 is 11.8 Å². The maximum Gasteiger partial charge on any atom is 0.0228 e. The first kappa shape index (κ1) is 10.1. The molecular weight excluding hydrogens is 166 g/mol. The summed E-state index contributed by atoms with van der Waals surface area (Å²) in [7, 11) is 0. The molecule has 70 valence electrons. The fourth-order valence-corrected chi connectivity index (χ4v) is 2.32. The molecule has 1 aliphatic rings. The van der Waals surface area contributed by atoms with Gasteiger partial charge in [0.2, 0.25) is 0 Å². The molecule has 0 aromatic rings. The van der Waals surface area contributed by atoms with Crippen molar-refractivity contribution in [1.82, 2.24) is 0 Å². The lowest BCUT2D eigenvalue weighted by Crippen LogP contribution is -2.24. The highest BCUT2D eigenvalue weighted by Gasteiger charge is 2.15. The van der Waals surface area contributed by atoms with Crippen molar-refractivity contribution in [2.24, 2.45) is 11.7 Å². The lowest BCUT2D eigenvalue weighted by molar-refractivity contribution is 0.466. The molecule has 0 spiro atoms. The van der Waals surface area contributed by atoms with Gasteiger partial charge in [-0.1, -0.05) is 18.6 Å². The van der Waals surface area contributed by atoms with Crippen molar-refractivity contribution in [2.75, 3.05) is 12.0 Å². The van der Waals surface area contributed by atoms with Crippen LogP contribution in [0.5, 0.6) is 0 Å². The van der Waals surface area contributed by atoms with Crippen LogP contribution in [0.4, 0.5) is 0 Å². The predicted octanol–water partition coefficient (Wildman–Crippen LogP) is 2.42. The molecule has 1 rings (SSSR count). The van der Waals surface area contributed by atoms with Crippen LogP contribution in [-0.2, 0) is 0 Å². The molecule has 0 aromatic carbocycles. The van der Waals surface area contributed by atoms with Crippen molar-refractivity contribution in [3.05, 3.63) is 11.6 Å². The van der Waals surface area contributed by atoms with Crippen LogP contribution in [0.1, 0.15) is 26.2 Å². The molecule has 0 heterocycles. The standard InChI is InChI=1S/C10H19NS/c1-8-5-9(3-4-12-2)7-10(11)6-8/h7-8,10H,3-6,11H2,1-2H3. The SMILES string of the molecule is CSCCC1=CC(N)CC(C)C1. The number of hydrogen-bond donors (Lipinski definition) is 1. The lowest BCUT2D eigenvalue weighted by atomic mass is 9.87. The Bertz CT molecular complexity index is 165. The van der Waals surface area contributed by atoms with Gasteiger partial charge in [-0.2, -0.15) is 11.8 Å². The topological polar surface area (TPSA) is 26.0 Å². The van der Waals surface area contributed by atoms with Gasteiger partial charge < -0.3 is 5.73 Å². The highest BCUT2D eigenvalue weighted by atomic mass is 32.2. The van der Waals surface area contributed by atoms with Crippen molar-refractivity contribution in [1.29, 1.82) is 0 Å². The Hall–Kier alpha value is 0.0500. The zero-order valence-electron chi connectivity index (χ0n) is 8.05. The Morgan fingerprint density at radius 3 is 3.00 bits per heavy atom. The van der Waals surface area contributed by atoms with Gasteiger partial charge >= 0.3 is 0 Å². The second kappa shape index (κ2) is 4.93. The molecule has 12 heavy (non-hydrogen) atoms. The minimum absolute atomic E-state index is 0.325. The summed E-state index contributed by atoms with van der Waals surface area (Å²) in [6.45, 7) is 2.30. The second-order valence-electron chi connectivity index (χ2n) is 3.78. The van der Waals surface area contributed by atoms with E-state index < -0.39 is 0 Å². The average Bonchev–Trinajstić information content (AvgIpc) is 1.99. The molecule has 0 aromatic heterocycles. The highest BCUT2D eigenvalue weighted by molar-refractivity contribution is 7.98. The fraction of sp³-hybridized carbons (Fsp3) is 0.800. The number of rotatable bonds is 3. The largest absolute Gasteiger partial charge is 0.324 e. The van der Waals surface area contributed by atoms with Crippen molar-refractivity contribution in [2.45, 2.75) is 32.2 Å². The zero-order chi connectivity index (χ0) is 8.97. The lowest BCUT2D eigenvalue weighted by Gasteiger charge is -2.23. The van der Waals surface area contributed by atoms with E-state index in [1.54, 1.807) is 5.57 Å². The van der Waals surface area contributed by atoms with Gasteiger partial charge in [-0.25, -0.2) is 0 Å². The van der Waals surface area contributed by atoms with Crippen LogP contribution < -0.4 is 5.73 Å². The van der Waals surface area contributed by atoms with E-state index in [1.807, 2.05) is 11.8 Å². The smallest absolute Gasteiger partial charge is 0.0228 e. The summed E-state index contributed by atoms with van der Waals surface area (Å²) < 4.78 is 0. The first-order chi connectivity index (χ1) is 5.72. The van der Waals surface area contributed by atoms with Crippen LogP contribution in [-0.4, -0.2) is 18.1 Å². The predicted molar refractivity (Wildman–Crippen MR) is 57.5 cm³/mol. The molecule has 2 atom stereocenters. The fourth-order valence-electron chi connectivity index (χ4n) is 1.85. The molecule has 1 nitrogen and oxygen atoms in total. The Labute approximate surface area is 79.8 Å².